The Hall–Kier alpha value is 0.385. The van der Waals surface area contributed by atoms with E-state index in [1.165, 1.54) is 5.47 Å². The first-order valence-electron chi connectivity index (χ1n) is 6.67. The molecule has 0 aliphatic heterocycles. The highest BCUT2D eigenvalue weighted by molar-refractivity contribution is 6.70. The Morgan fingerprint density at radius 2 is 1.35 bits per heavy atom. The molecule has 0 aromatic rings. The van der Waals surface area contributed by atoms with Gasteiger partial charge in [-0.15, -0.1) is 23.2 Å². The number of rotatable bonds is 7. The lowest BCUT2D eigenvalue weighted by Gasteiger charge is -2.33. The molecule has 0 fully saturated rings. The Bertz CT molecular complexity index is 222. The molecule has 0 amide bonds. The van der Waals surface area contributed by atoms with E-state index in [-0.39, 0.29) is 0 Å². The maximum absolute atomic E-state index is 6.11. The molecule has 0 heterocycles. The molecule has 0 spiro atoms. The topological polar surface area (TPSA) is 0 Å². The predicted molar refractivity (Wildman–Crippen MR) is 83.8 cm³/mol. The summed E-state index contributed by atoms with van der Waals surface area (Å²) in [6.07, 6.45) is 2.11. The van der Waals surface area contributed by atoms with E-state index in [1.54, 1.807) is 0 Å². The SMILES string of the molecule is CC(C)C(C)B(/C(=C/CCl)CCl)C(C)C(C)C. The number of hydrogen-bond acceptors (Lipinski definition) is 0. The van der Waals surface area contributed by atoms with E-state index in [1.807, 2.05) is 0 Å². The first kappa shape index (κ1) is 17.4. The molecule has 17 heavy (non-hydrogen) atoms. The molecule has 0 rings (SSSR count). The molecule has 100 valence electrons. The first-order chi connectivity index (χ1) is 7.86. The van der Waals surface area contributed by atoms with Gasteiger partial charge in [-0.05, 0) is 0 Å². The number of allylic oxidation sites excluding steroid dienone is 2. The highest BCUT2D eigenvalue weighted by Gasteiger charge is 2.33. The molecule has 0 bridgehead atoms. The summed E-state index contributed by atoms with van der Waals surface area (Å²) >= 11 is 12.0. The van der Waals surface area contributed by atoms with Crippen molar-refractivity contribution in [2.75, 3.05) is 11.8 Å². The minimum Gasteiger partial charge on any atom is -0.123 e. The largest absolute Gasteiger partial charge is 0.178 e. The smallest absolute Gasteiger partial charge is 0.123 e. The molecule has 3 heteroatoms. The Morgan fingerprint density at radius 1 is 0.941 bits per heavy atom. The summed E-state index contributed by atoms with van der Waals surface area (Å²) in [5.74, 6) is 3.78. The average Bonchev–Trinajstić information content (AvgIpc) is 2.27. The van der Waals surface area contributed by atoms with Crippen LogP contribution >= 0.6 is 23.2 Å². The van der Waals surface area contributed by atoms with Crippen molar-refractivity contribution in [3.8, 4) is 0 Å². The van der Waals surface area contributed by atoms with Crippen molar-refractivity contribution in [3.63, 3.8) is 0 Å². The van der Waals surface area contributed by atoms with Gasteiger partial charge in [0.05, 0.1) is 0 Å². The minimum absolute atomic E-state index is 0.547. The summed E-state index contributed by atoms with van der Waals surface area (Å²) in [6.45, 7) is 14.4. The van der Waals surface area contributed by atoms with Crippen LogP contribution in [0.25, 0.3) is 0 Å². The third-order valence-corrected chi connectivity index (χ3v) is 4.62. The van der Waals surface area contributed by atoms with Crippen molar-refractivity contribution >= 4 is 29.9 Å². The highest BCUT2D eigenvalue weighted by Crippen LogP contribution is 2.36. The van der Waals surface area contributed by atoms with Crippen molar-refractivity contribution in [1.82, 2.24) is 0 Å². The molecular weight excluding hydrogens is 250 g/mol. The molecule has 0 aromatic carbocycles. The quantitative estimate of drug-likeness (QED) is 0.424. The molecule has 0 aliphatic rings. The molecular formula is C14H27BCl2. The third-order valence-electron chi connectivity index (χ3n) is 4.16. The van der Waals surface area contributed by atoms with Crippen LogP contribution in [0, 0.1) is 11.8 Å². The van der Waals surface area contributed by atoms with E-state index < -0.39 is 0 Å². The fourth-order valence-electron chi connectivity index (χ4n) is 2.36. The van der Waals surface area contributed by atoms with Crippen molar-refractivity contribution in [2.24, 2.45) is 11.8 Å². The van der Waals surface area contributed by atoms with Crippen LogP contribution in [0.1, 0.15) is 41.5 Å². The Kier molecular flexibility index (Phi) is 8.67. The van der Waals surface area contributed by atoms with Crippen molar-refractivity contribution in [2.45, 2.75) is 53.2 Å². The van der Waals surface area contributed by atoms with Gasteiger partial charge >= 0.3 is 0 Å². The van der Waals surface area contributed by atoms with Crippen LogP contribution in [0.15, 0.2) is 11.5 Å². The highest BCUT2D eigenvalue weighted by atomic mass is 35.5. The molecule has 0 radical (unpaired) electrons. The van der Waals surface area contributed by atoms with E-state index in [2.05, 4.69) is 47.6 Å². The van der Waals surface area contributed by atoms with E-state index in [0.717, 1.165) is 0 Å². The van der Waals surface area contributed by atoms with Crippen LogP contribution in [0.5, 0.6) is 0 Å². The van der Waals surface area contributed by atoms with Gasteiger partial charge in [0.15, 0.2) is 6.71 Å². The van der Waals surface area contributed by atoms with Crippen molar-refractivity contribution in [1.29, 1.82) is 0 Å². The Balaban J connectivity index is 5.15. The van der Waals surface area contributed by atoms with Gasteiger partial charge in [0.2, 0.25) is 0 Å². The minimum atomic E-state index is 0.547. The van der Waals surface area contributed by atoms with E-state index in [4.69, 9.17) is 23.2 Å². The molecule has 0 N–H and O–H groups in total. The van der Waals surface area contributed by atoms with Gasteiger partial charge in [0.1, 0.15) is 0 Å². The van der Waals surface area contributed by atoms with Crippen molar-refractivity contribution < 1.29 is 0 Å². The Labute approximate surface area is 118 Å². The van der Waals surface area contributed by atoms with Crippen LogP contribution in [-0.2, 0) is 0 Å². The molecule has 0 saturated carbocycles. The molecule has 0 aromatic heterocycles. The van der Waals surface area contributed by atoms with Crippen LogP contribution < -0.4 is 0 Å². The molecule has 0 nitrogen and oxygen atoms in total. The van der Waals surface area contributed by atoms with Crippen LogP contribution in [0.4, 0.5) is 0 Å². The number of hydrogen-bond donors (Lipinski definition) is 0. The van der Waals surface area contributed by atoms with Crippen LogP contribution in [-0.4, -0.2) is 18.5 Å². The van der Waals surface area contributed by atoms with Gasteiger partial charge in [-0.25, -0.2) is 0 Å². The third kappa shape index (κ3) is 5.26. The first-order valence-corrected chi connectivity index (χ1v) is 7.74. The predicted octanol–water partition coefficient (Wildman–Crippen LogP) is 5.52. The number of halogens is 2. The second kappa shape index (κ2) is 8.48. The summed E-state index contributed by atoms with van der Waals surface area (Å²) < 4.78 is 0. The van der Waals surface area contributed by atoms with Gasteiger partial charge in [-0.1, -0.05) is 76.6 Å². The molecule has 0 aliphatic carbocycles. The monoisotopic (exact) mass is 276 g/mol. The average molecular weight is 277 g/mol. The zero-order valence-electron chi connectivity index (χ0n) is 12.1. The van der Waals surface area contributed by atoms with E-state index in [0.29, 0.717) is 41.9 Å². The second-order valence-electron chi connectivity index (χ2n) is 5.80. The van der Waals surface area contributed by atoms with Gasteiger partial charge in [0, 0.05) is 11.8 Å². The Morgan fingerprint density at radius 3 is 1.59 bits per heavy atom. The lowest BCUT2D eigenvalue weighted by Crippen LogP contribution is -2.33. The molecule has 2 unspecified atom stereocenters. The van der Waals surface area contributed by atoms with E-state index in [9.17, 15) is 0 Å². The van der Waals surface area contributed by atoms with Gasteiger partial charge in [-0.2, -0.15) is 0 Å². The fraction of sp³-hybridized carbons (Fsp3) is 0.857. The number of alkyl halides is 2. The van der Waals surface area contributed by atoms with Gasteiger partial charge < -0.3 is 0 Å². The zero-order chi connectivity index (χ0) is 13.6. The molecule has 0 saturated heterocycles. The van der Waals surface area contributed by atoms with Gasteiger partial charge in [0.25, 0.3) is 0 Å². The second-order valence-corrected chi connectivity index (χ2v) is 6.37. The lowest BCUT2D eigenvalue weighted by molar-refractivity contribution is 0.564. The molecule has 2 atom stereocenters. The van der Waals surface area contributed by atoms with Crippen LogP contribution in [0.2, 0.25) is 11.6 Å². The van der Waals surface area contributed by atoms with Crippen LogP contribution in [0.3, 0.4) is 0 Å². The standard InChI is InChI=1S/C14H27BCl2/c1-10(2)12(5)15(13(6)11(3)4)14(9-17)7-8-16/h7,10-13H,8-9H2,1-6H3/b14-7+. The summed E-state index contributed by atoms with van der Waals surface area (Å²) in [5.41, 5.74) is 1.32. The van der Waals surface area contributed by atoms with Gasteiger partial charge in [-0.3, -0.25) is 0 Å². The maximum Gasteiger partial charge on any atom is 0.178 e. The lowest BCUT2D eigenvalue weighted by atomic mass is 9.28. The fourth-order valence-corrected chi connectivity index (χ4v) is 2.85. The summed E-state index contributed by atoms with van der Waals surface area (Å²) in [6, 6.07) is 0. The normalized spacial score (nSPS) is 16.5. The van der Waals surface area contributed by atoms with E-state index >= 15 is 0 Å². The summed E-state index contributed by atoms with van der Waals surface area (Å²) in [7, 11) is 0. The zero-order valence-corrected chi connectivity index (χ0v) is 13.6. The summed E-state index contributed by atoms with van der Waals surface area (Å²) in [4.78, 5) is 0. The maximum atomic E-state index is 6.11. The summed E-state index contributed by atoms with van der Waals surface area (Å²) in [5, 5.41) is 0. The van der Waals surface area contributed by atoms with Crippen molar-refractivity contribution in [3.05, 3.63) is 11.5 Å².